The van der Waals surface area contributed by atoms with Gasteiger partial charge in [-0.25, -0.2) is 4.39 Å². The maximum atomic E-state index is 14.0. The van der Waals surface area contributed by atoms with Crippen LogP contribution in [0.4, 0.5) is 4.39 Å². The van der Waals surface area contributed by atoms with Crippen LogP contribution < -0.4 is 10.6 Å². The summed E-state index contributed by atoms with van der Waals surface area (Å²) in [5, 5.41) is 7.37. The molecule has 5 heteroatoms. The van der Waals surface area contributed by atoms with Crippen LogP contribution in [0, 0.1) is 29.6 Å². The van der Waals surface area contributed by atoms with Gasteiger partial charge in [-0.15, -0.1) is 0 Å². The molecular formula is C22H37FN4. The van der Waals surface area contributed by atoms with Crippen molar-refractivity contribution in [1.82, 2.24) is 15.5 Å². The van der Waals surface area contributed by atoms with E-state index < -0.39 is 6.17 Å². The molecule has 5 rings (SSSR count). The summed E-state index contributed by atoms with van der Waals surface area (Å²) < 4.78 is 14.0. The number of hydrogen-bond acceptors (Lipinski definition) is 4. The zero-order valence-corrected chi connectivity index (χ0v) is 16.8. The van der Waals surface area contributed by atoms with Crippen molar-refractivity contribution >= 4 is 6.21 Å². The second kappa shape index (κ2) is 7.72. The fourth-order valence-electron chi connectivity index (χ4n) is 7.03. The number of nitrogens with zero attached hydrogens (tertiary/aromatic N) is 2. The van der Waals surface area contributed by atoms with E-state index in [4.69, 9.17) is 4.99 Å². The lowest BCUT2D eigenvalue weighted by molar-refractivity contribution is 0.0963. The number of halogens is 1. The molecule has 2 N–H and O–H groups in total. The second-order valence-corrected chi connectivity index (χ2v) is 10.1. The fraction of sp³-hybridized carbons (Fsp3) is 0.955. The Kier molecular flexibility index (Phi) is 5.29. The van der Waals surface area contributed by atoms with Crippen LogP contribution in [0.25, 0.3) is 0 Å². The van der Waals surface area contributed by atoms with Gasteiger partial charge in [0.2, 0.25) is 0 Å². The molecule has 4 aliphatic heterocycles. The van der Waals surface area contributed by atoms with Gasteiger partial charge in [0.25, 0.3) is 0 Å². The molecule has 0 bridgehead atoms. The molecule has 0 radical (unpaired) electrons. The molecule has 27 heavy (non-hydrogen) atoms. The fourth-order valence-corrected chi connectivity index (χ4v) is 7.03. The minimum Gasteiger partial charge on any atom is -0.316 e. The standard InChI is InChI=1S/C22H37FN4/c1-14-9-15(4-5-20(14)23)21-19(3-2-7-25-21)17-10-18-12-26-22(27(18)13-17)16-6-8-24-11-16/h7,14-22,24,26H,2-6,8-13H2,1H3. The third kappa shape index (κ3) is 3.49. The van der Waals surface area contributed by atoms with Gasteiger partial charge < -0.3 is 5.32 Å². The van der Waals surface area contributed by atoms with Gasteiger partial charge in [0.15, 0.2) is 0 Å². The highest BCUT2D eigenvalue weighted by Gasteiger charge is 2.48. The molecule has 1 aliphatic carbocycles. The van der Waals surface area contributed by atoms with Crippen molar-refractivity contribution in [3.05, 3.63) is 0 Å². The quantitative estimate of drug-likeness (QED) is 0.796. The summed E-state index contributed by atoms with van der Waals surface area (Å²) >= 11 is 0. The highest BCUT2D eigenvalue weighted by molar-refractivity contribution is 5.58. The topological polar surface area (TPSA) is 39.7 Å². The highest BCUT2D eigenvalue weighted by Crippen LogP contribution is 2.44. The maximum absolute atomic E-state index is 14.0. The van der Waals surface area contributed by atoms with Crippen LogP contribution in [0.3, 0.4) is 0 Å². The zero-order chi connectivity index (χ0) is 18.4. The summed E-state index contributed by atoms with van der Waals surface area (Å²) in [6, 6.07) is 1.19. The molecule has 0 aromatic carbocycles. The van der Waals surface area contributed by atoms with E-state index in [1.165, 1.54) is 45.4 Å². The van der Waals surface area contributed by atoms with Gasteiger partial charge >= 0.3 is 0 Å². The highest BCUT2D eigenvalue weighted by atomic mass is 19.1. The average molecular weight is 377 g/mol. The van der Waals surface area contributed by atoms with E-state index in [9.17, 15) is 4.39 Å². The Morgan fingerprint density at radius 2 is 1.96 bits per heavy atom. The predicted octanol–water partition coefficient (Wildman–Crippen LogP) is 2.84. The van der Waals surface area contributed by atoms with Crippen LogP contribution in [-0.2, 0) is 0 Å². The first kappa shape index (κ1) is 18.5. The van der Waals surface area contributed by atoms with E-state index >= 15 is 0 Å². The molecule has 152 valence electrons. The lowest BCUT2D eigenvalue weighted by Gasteiger charge is -2.41. The number of aliphatic imine (C=N–C) groups is 1. The average Bonchev–Trinajstić information content (AvgIpc) is 3.40. The second-order valence-electron chi connectivity index (χ2n) is 10.1. The summed E-state index contributed by atoms with van der Waals surface area (Å²) in [5.41, 5.74) is 0. The molecule has 0 aromatic heterocycles. The molecule has 4 fully saturated rings. The Balaban J connectivity index is 1.27. The number of hydrogen-bond donors (Lipinski definition) is 2. The van der Waals surface area contributed by atoms with E-state index in [0.717, 1.165) is 49.5 Å². The maximum Gasteiger partial charge on any atom is 0.103 e. The monoisotopic (exact) mass is 376 g/mol. The Morgan fingerprint density at radius 1 is 1.04 bits per heavy atom. The van der Waals surface area contributed by atoms with Crippen molar-refractivity contribution in [2.75, 3.05) is 26.2 Å². The van der Waals surface area contributed by atoms with E-state index in [-0.39, 0.29) is 5.92 Å². The summed E-state index contributed by atoms with van der Waals surface area (Å²) in [5.74, 6) is 3.11. The molecule has 4 nitrogen and oxygen atoms in total. The number of nitrogens with one attached hydrogen (secondary N) is 2. The van der Waals surface area contributed by atoms with Crippen molar-refractivity contribution in [2.24, 2.45) is 34.6 Å². The summed E-state index contributed by atoms with van der Waals surface area (Å²) in [4.78, 5) is 7.84. The van der Waals surface area contributed by atoms with Crippen molar-refractivity contribution in [3.63, 3.8) is 0 Å². The molecule has 5 aliphatic rings. The van der Waals surface area contributed by atoms with Crippen LogP contribution in [0.15, 0.2) is 4.99 Å². The molecule has 0 amide bonds. The van der Waals surface area contributed by atoms with Gasteiger partial charge in [0, 0.05) is 31.6 Å². The largest absolute Gasteiger partial charge is 0.316 e. The summed E-state index contributed by atoms with van der Waals surface area (Å²) in [7, 11) is 0. The molecular weight excluding hydrogens is 339 g/mol. The normalized spacial score (nSPS) is 51.0. The Bertz CT molecular complexity index is 548. The van der Waals surface area contributed by atoms with Crippen molar-refractivity contribution < 1.29 is 4.39 Å². The smallest absolute Gasteiger partial charge is 0.103 e. The van der Waals surface area contributed by atoms with Crippen LogP contribution in [0.2, 0.25) is 0 Å². The zero-order valence-electron chi connectivity index (χ0n) is 16.8. The Hall–Kier alpha value is -0.520. The van der Waals surface area contributed by atoms with Gasteiger partial charge in [-0.2, -0.15) is 0 Å². The lowest BCUT2D eigenvalue weighted by atomic mass is 9.69. The van der Waals surface area contributed by atoms with E-state index in [2.05, 4.69) is 28.7 Å². The van der Waals surface area contributed by atoms with Crippen molar-refractivity contribution in [2.45, 2.75) is 76.3 Å². The molecule has 4 heterocycles. The van der Waals surface area contributed by atoms with Crippen LogP contribution >= 0.6 is 0 Å². The van der Waals surface area contributed by atoms with Gasteiger partial charge in [-0.05, 0) is 81.4 Å². The SMILES string of the molecule is CC1CC(C2N=CCCC2C2CC3CNC(C4CCNC4)N3C2)CCC1F. The first-order valence-corrected chi connectivity index (χ1v) is 11.6. The first-order chi connectivity index (χ1) is 13.2. The molecule has 9 unspecified atom stereocenters. The third-order valence-electron chi connectivity index (χ3n) is 8.49. The summed E-state index contributed by atoms with van der Waals surface area (Å²) in [6.45, 7) is 6.88. The Labute approximate surface area is 163 Å². The van der Waals surface area contributed by atoms with Gasteiger partial charge in [-0.1, -0.05) is 6.92 Å². The predicted molar refractivity (Wildman–Crippen MR) is 108 cm³/mol. The van der Waals surface area contributed by atoms with Gasteiger partial charge in [0.05, 0.1) is 12.2 Å². The first-order valence-electron chi connectivity index (χ1n) is 11.6. The number of alkyl halides is 1. The molecule has 0 spiro atoms. The minimum absolute atomic E-state index is 0.219. The van der Waals surface area contributed by atoms with E-state index in [1.807, 2.05) is 0 Å². The molecule has 3 saturated heterocycles. The lowest BCUT2D eigenvalue weighted by Crippen LogP contribution is -2.45. The number of fused-ring (bicyclic) bond motifs is 1. The number of rotatable bonds is 3. The Morgan fingerprint density at radius 3 is 2.78 bits per heavy atom. The van der Waals surface area contributed by atoms with Gasteiger partial charge in [-0.3, -0.25) is 15.2 Å². The molecule has 0 aromatic rings. The van der Waals surface area contributed by atoms with Crippen LogP contribution in [-0.4, -0.2) is 61.7 Å². The van der Waals surface area contributed by atoms with E-state index in [1.54, 1.807) is 0 Å². The third-order valence-corrected chi connectivity index (χ3v) is 8.49. The summed E-state index contributed by atoms with van der Waals surface area (Å²) in [6.07, 6.45) is 10.1. The van der Waals surface area contributed by atoms with Crippen molar-refractivity contribution in [3.8, 4) is 0 Å². The molecule has 1 saturated carbocycles. The van der Waals surface area contributed by atoms with Crippen LogP contribution in [0.1, 0.15) is 51.9 Å². The van der Waals surface area contributed by atoms with Crippen LogP contribution in [0.5, 0.6) is 0 Å². The van der Waals surface area contributed by atoms with Crippen molar-refractivity contribution in [1.29, 1.82) is 0 Å². The molecule has 9 atom stereocenters. The van der Waals surface area contributed by atoms with E-state index in [0.29, 0.717) is 18.1 Å². The minimum atomic E-state index is -0.587. The van der Waals surface area contributed by atoms with Gasteiger partial charge in [0.1, 0.15) is 6.17 Å².